The molecule has 2 amide bonds. The van der Waals surface area contributed by atoms with Crippen molar-refractivity contribution in [3.63, 3.8) is 0 Å². The van der Waals surface area contributed by atoms with Crippen LogP contribution in [-0.2, 0) is 16.0 Å². The van der Waals surface area contributed by atoms with Crippen molar-refractivity contribution in [3.8, 4) is 11.5 Å². The van der Waals surface area contributed by atoms with Crippen molar-refractivity contribution in [1.82, 2.24) is 9.80 Å². The quantitative estimate of drug-likeness (QED) is 0.296. The molecule has 0 N–H and O–H groups in total. The molecule has 7 nitrogen and oxygen atoms in total. The number of amides is 2. The fraction of sp³-hybridized carbons (Fsp3) is 0.379. The van der Waals surface area contributed by atoms with Crippen LogP contribution >= 0.6 is 22.9 Å². The van der Waals surface area contributed by atoms with Crippen LogP contribution in [0.4, 0.5) is 0 Å². The monoisotopic (exact) mass is 556 g/mol. The van der Waals surface area contributed by atoms with Gasteiger partial charge in [-0.05, 0) is 84.8 Å². The number of rotatable bonds is 11. The first kappa shape index (κ1) is 28.0. The van der Waals surface area contributed by atoms with Gasteiger partial charge in [-0.15, -0.1) is 11.3 Å². The van der Waals surface area contributed by atoms with Gasteiger partial charge < -0.3 is 24.0 Å². The summed E-state index contributed by atoms with van der Waals surface area (Å²) in [6, 6.07) is 14.3. The number of hydrogen-bond donors (Lipinski definition) is 0. The smallest absolute Gasteiger partial charge is 0.254 e. The number of carbonyl (C=O) groups is 2. The molecule has 0 saturated heterocycles. The van der Waals surface area contributed by atoms with Crippen molar-refractivity contribution >= 4 is 34.8 Å². The molecule has 0 aliphatic carbocycles. The van der Waals surface area contributed by atoms with E-state index in [-0.39, 0.29) is 24.4 Å². The molecule has 0 fully saturated rings. The zero-order valence-electron chi connectivity index (χ0n) is 21.9. The number of benzene rings is 2. The van der Waals surface area contributed by atoms with Gasteiger partial charge in [0.1, 0.15) is 24.7 Å². The summed E-state index contributed by atoms with van der Waals surface area (Å²) < 4.78 is 16.6. The Balaban J connectivity index is 1.52. The van der Waals surface area contributed by atoms with E-state index in [4.69, 9.17) is 25.8 Å². The molecule has 1 aliphatic rings. The highest BCUT2D eigenvalue weighted by Gasteiger charge is 2.33. The lowest BCUT2D eigenvalue weighted by Gasteiger charge is -2.37. The first-order valence-electron chi connectivity index (χ1n) is 12.6. The second-order valence-electron chi connectivity index (χ2n) is 9.18. The van der Waals surface area contributed by atoms with Crippen molar-refractivity contribution in [2.75, 3.05) is 47.1 Å². The van der Waals surface area contributed by atoms with E-state index in [1.54, 1.807) is 54.7 Å². The third kappa shape index (κ3) is 6.67. The molecule has 0 spiro atoms. The fourth-order valence-electron chi connectivity index (χ4n) is 4.58. The Labute approximate surface area is 232 Å². The van der Waals surface area contributed by atoms with Crippen molar-refractivity contribution in [3.05, 3.63) is 80.5 Å². The lowest BCUT2D eigenvalue weighted by Crippen LogP contribution is -2.48. The van der Waals surface area contributed by atoms with Crippen LogP contribution in [0.1, 0.15) is 38.8 Å². The summed E-state index contributed by atoms with van der Waals surface area (Å²) >= 11 is 7.87. The summed E-state index contributed by atoms with van der Waals surface area (Å²) in [6.45, 7) is 3.70. The maximum absolute atomic E-state index is 13.7. The SMILES string of the molecule is COCCCN(CC(=O)N1CCc2sccc2[C@@H]1COc1ccc(Cl)c(C)c1)C(=O)c1ccc(OC)cc1. The Morgan fingerprint density at radius 3 is 2.58 bits per heavy atom. The van der Waals surface area contributed by atoms with Crippen LogP contribution < -0.4 is 9.47 Å². The second-order valence-corrected chi connectivity index (χ2v) is 10.6. The van der Waals surface area contributed by atoms with Crippen molar-refractivity contribution in [2.24, 2.45) is 0 Å². The van der Waals surface area contributed by atoms with Gasteiger partial charge in [0.2, 0.25) is 5.91 Å². The van der Waals surface area contributed by atoms with Gasteiger partial charge in [-0.3, -0.25) is 9.59 Å². The second kappa shape index (κ2) is 13.1. The molecule has 1 aliphatic heterocycles. The summed E-state index contributed by atoms with van der Waals surface area (Å²) in [5, 5.41) is 2.74. The van der Waals surface area contributed by atoms with Gasteiger partial charge in [0.25, 0.3) is 5.91 Å². The Hall–Kier alpha value is -3.07. The summed E-state index contributed by atoms with van der Waals surface area (Å²) in [6.07, 6.45) is 1.41. The normalized spacial score (nSPS) is 14.6. The predicted octanol–water partition coefficient (Wildman–Crippen LogP) is 5.40. The number of thiophene rings is 1. The molecule has 0 radical (unpaired) electrons. The van der Waals surface area contributed by atoms with E-state index >= 15 is 0 Å². The van der Waals surface area contributed by atoms with Crippen LogP contribution in [-0.4, -0.2) is 68.7 Å². The van der Waals surface area contributed by atoms with Crippen molar-refractivity contribution in [1.29, 1.82) is 0 Å². The van der Waals surface area contributed by atoms with Crippen molar-refractivity contribution < 1.29 is 23.8 Å². The topological polar surface area (TPSA) is 68.3 Å². The summed E-state index contributed by atoms with van der Waals surface area (Å²) in [5.74, 6) is 1.07. The molecule has 2 heterocycles. The number of aryl methyl sites for hydroxylation is 1. The summed E-state index contributed by atoms with van der Waals surface area (Å²) in [7, 11) is 3.21. The molecular formula is C29H33ClN2O5S. The van der Waals surface area contributed by atoms with Gasteiger partial charge in [-0.1, -0.05) is 11.6 Å². The Bertz CT molecular complexity index is 1250. The summed E-state index contributed by atoms with van der Waals surface area (Å²) in [4.78, 5) is 31.9. The maximum Gasteiger partial charge on any atom is 0.254 e. The molecule has 202 valence electrons. The average Bonchev–Trinajstić information content (AvgIpc) is 3.42. The summed E-state index contributed by atoms with van der Waals surface area (Å²) in [5.41, 5.74) is 2.54. The number of hydrogen-bond acceptors (Lipinski definition) is 6. The third-order valence-corrected chi connectivity index (χ3v) is 8.10. The highest BCUT2D eigenvalue weighted by atomic mass is 35.5. The van der Waals surface area contributed by atoms with Gasteiger partial charge in [0.05, 0.1) is 13.2 Å². The Morgan fingerprint density at radius 2 is 1.87 bits per heavy atom. The van der Waals surface area contributed by atoms with Gasteiger partial charge in [0, 0.05) is 42.3 Å². The van der Waals surface area contributed by atoms with Crippen LogP contribution in [0.15, 0.2) is 53.9 Å². The molecule has 3 aromatic rings. The Morgan fingerprint density at radius 1 is 1.11 bits per heavy atom. The number of nitrogens with zero attached hydrogens (tertiary/aromatic N) is 2. The molecule has 1 aromatic heterocycles. The number of carbonyl (C=O) groups excluding carboxylic acids is 2. The van der Waals surface area contributed by atoms with E-state index < -0.39 is 0 Å². The lowest BCUT2D eigenvalue weighted by atomic mass is 10.00. The number of methoxy groups -OCH3 is 2. The molecule has 4 rings (SSSR count). The molecule has 0 unspecified atom stereocenters. The van der Waals surface area contributed by atoms with Crippen LogP contribution in [0.2, 0.25) is 5.02 Å². The van der Waals surface area contributed by atoms with E-state index in [2.05, 4.69) is 11.4 Å². The lowest BCUT2D eigenvalue weighted by molar-refractivity contribution is -0.135. The van der Waals surface area contributed by atoms with E-state index in [1.807, 2.05) is 30.0 Å². The van der Waals surface area contributed by atoms with Crippen LogP contribution in [0.25, 0.3) is 0 Å². The minimum Gasteiger partial charge on any atom is -0.497 e. The zero-order valence-corrected chi connectivity index (χ0v) is 23.5. The Kier molecular flexibility index (Phi) is 9.66. The van der Waals surface area contributed by atoms with Gasteiger partial charge in [0.15, 0.2) is 0 Å². The largest absolute Gasteiger partial charge is 0.497 e. The molecule has 0 bridgehead atoms. The number of fused-ring (bicyclic) bond motifs is 1. The predicted molar refractivity (Wildman–Crippen MR) is 150 cm³/mol. The molecule has 2 aromatic carbocycles. The number of halogens is 1. The minimum absolute atomic E-state index is 0.0232. The third-order valence-electron chi connectivity index (χ3n) is 6.68. The van der Waals surface area contributed by atoms with Gasteiger partial charge in [-0.2, -0.15) is 0 Å². The van der Waals surface area contributed by atoms with Gasteiger partial charge in [-0.25, -0.2) is 0 Å². The average molecular weight is 557 g/mol. The van der Waals surface area contributed by atoms with E-state index in [0.29, 0.717) is 54.8 Å². The highest BCUT2D eigenvalue weighted by Crippen LogP contribution is 2.34. The fourth-order valence-corrected chi connectivity index (χ4v) is 5.62. The number of ether oxygens (including phenoxy) is 3. The first-order chi connectivity index (χ1) is 18.4. The molecule has 1 atom stereocenters. The maximum atomic E-state index is 13.7. The van der Waals surface area contributed by atoms with Crippen LogP contribution in [0.3, 0.4) is 0 Å². The van der Waals surface area contributed by atoms with E-state index in [9.17, 15) is 9.59 Å². The highest BCUT2D eigenvalue weighted by molar-refractivity contribution is 7.10. The minimum atomic E-state index is -0.245. The molecule has 9 heteroatoms. The zero-order chi connectivity index (χ0) is 27.1. The van der Waals surface area contributed by atoms with Gasteiger partial charge >= 0.3 is 0 Å². The van der Waals surface area contributed by atoms with Crippen molar-refractivity contribution in [2.45, 2.75) is 25.8 Å². The van der Waals surface area contributed by atoms with E-state index in [0.717, 1.165) is 17.5 Å². The molecule has 38 heavy (non-hydrogen) atoms. The molecular weight excluding hydrogens is 524 g/mol. The standard InChI is InChI=1S/C29H33ClN2O5S/c1-20-17-23(9-10-25(20)30)37-19-26-24-12-16-38-27(24)11-14-32(26)28(33)18-31(13-4-15-35-2)29(34)21-5-7-22(36-3)8-6-21/h5-10,12,16-17,26H,4,11,13-15,18-19H2,1-3H3/t26-/m0/s1. The molecule has 0 saturated carbocycles. The first-order valence-corrected chi connectivity index (χ1v) is 13.8. The van der Waals surface area contributed by atoms with E-state index in [1.165, 1.54) is 4.88 Å². The van der Waals surface area contributed by atoms with Crippen LogP contribution in [0.5, 0.6) is 11.5 Å². The van der Waals surface area contributed by atoms with Crippen LogP contribution in [0, 0.1) is 6.92 Å².